The number of halogens is 1. The van der Waals surface area contributed by atoms with Gasteiger partial charge < -0.3 is 9.73 Å². The largest absolute Gasteiger partial charge is 0.423 e. The van der Waals surface area contributed by atoms with Crippen molar-refractivity contribution >= 4 is 55.6 Å². The zero-order valence-electron chi connectivity index (χ0n) is 12.2. The van der Waals surface area contributed by atoms with Gasteiger partial charge in [-0.25, -0.2) is 4.79 Å². The molecule has 0 fully saturated rings. The number of fused-ring (bicyclic) bond motifs is 2. The van der Waals surface area contributed by atoms with Gasteiger partial charge in [-0.15, -0.1) is 11.3 Å². The number of carbonyl (C=O) groups is 1. The van der Waals surface area contributed by atoms with E-state index in [9.17, 15) is 9.59 Å². The summed E-state index contributed by atoms with van der Waals surface area (Å²) in [4.78, 5) is 24.2. The van der Waals surface area contributed by atoms with Crippen LogP contribution >= 0.6 is 22.9 Å². The van der Waals surface area contributed by atoms with E-state index in [-0.39, 0.29) is 5.91 Å². The van der Waals surface area contributed by atoms with E-state index in [4.69, 9.17) is 16.0 Å². The monoisotopic (exact) mass is 355 g/mol. The third-order valence-corrected chi connectivity index (χ3v) is 5.29. The second-order valence-corrected chi connectivity index (χ2v) is 6.63. The predicted molar refractivity (Wildman–Crippen MR) is 97.3 cm³/mol. The van der Waals surface area contributed by atoms with Gasteiger partial charge in [-0.2, -0.15) is 0 Å². The lowest BCUT2D eigenvalue weighted by Crippen LogP contribution is -2.10. The highest BCUT2D eigenvalue weighted by molar-refractivity contribution is 7.21. The summed E-state index contributed by atoms with van der Waals surface area (Å²) in [6.45, 7) is 0. The van der Waals surface area contributed by atoms with Crippen molar-refractivity contribution in [3.63, 3.8) is 0 Å². The Morgan fingerprint density at radius 2 is 1.92 bits per heavy atom. The topological polar surface area (TPSA) is 59.3 Å². The molecule has 0 radical (unpaired) electrons. The summed E-state index contributed by atoms with van der Waals surface area (Å²) in [5, 5.41) is 4.89. The van der Waals surface area contributed by atoms with Crippen molar-refractivity contribution in [2.24, 2.45) is 0 Å². The predicted octanol–water partition coefficient (Wildman–Crippen LogP) is 4.91. The second-order valence-electron chi connectivity index (χ2n) is 5.20. The zero-order valence-corrected chi connectivity index (χ0v) is 13.8. The van der Waals surface area contributed by atoms with Gasteiger partial charge in [0.2, 0.25) is 0 Å². The number of anilines is 1. The summed E-state index contributed by atoms with van der Waals surface area (Å²) in [6, 6.07) is 15.7. The van der Waals surface area contributed by atoms with E-state index in [0.717, 1.165) is 15.5 Å². The maximum absolute atomic E-state index is 12.5. The molecule has 0 unspecified atom stereocenters. The van der Waals surface area contributed by atoms with Crippen LogP contribution in [0.2, 0.25) is 5.02 Å². The van der Waals surface area contributed by atoms with Gasteiger partial charge in [-0.1, -0.05) is 29.8 Å². The Labute approximate surface area is 145 Å². The number of benzene rings is 2. The van der Waals surface area contributed by atoms with Crippen LogP contribution in [0.1, 0.15) is 9.67 Å². The zero-order chi connectivity index (χ0) is 16.7. The highest BCUT2D eigenvalue weighted by atomic mass is 35.5. The standard InChI is InChI=1S/C18H10ClNO3S/c19-16-12-3-1-2-4-14(12)24-17(16)18(22)20-11-6-7-13-10(9-11)5-8-15(21)23-13/h1-9H,(H,20,22). The second kappa shape index (κ2) is 5.78. The van der Waals surface area contributed by atoms with E-state index >= 15 is 0 Å². The maximum Gasteiger partial charge on any atom is 0.336 e. The number of carbonyl (C=O) groups excluding carboxylic acids is 1. The lowest BCUT2D eigenvalue weighted by atomic mass is 10.2. The molecule has 0 atom stereocenters. The van der Waals surface area contributed by atoms with Gasteiger partial charge in [0.15, 0.2) is 0 Å². The summed E-state index contributed by atoms with van der Waals surface area (Å²) in [5.74, 6) is -0.266. The summed E-state index contributed by atoms with van der Waals surface area (Å²) in [6.07, 6.45) is 0. The van der Waals surface area contributed by atoms with Crippen LogP contribution in [0, 0.1) is 0 Å². The number of rotatable bonds is 2. The van der Waals surface area contributed by atoms with E-state index in [2.05, 4.69) is 5.32 Å². The molecule has 4 aromatic rings. The fraction of sp³-hybridized carbons (Fsp3) is 0. The maximum atomic E-state index is 12.5. The Kier molecular flexibility index (Phi) is 3.59. The Morgan fingerprint density at radius 1 is 1.08 bits per heavy atom. The number of hydrogen-bond donors (Lipinski definition) is 1. The van der Waals surface area contributed by atoms with Crippen molar-refractivity contribution in [1.29, 1.82) is 0 Å². The molecule has 0 spiro atoms. The van der Waals surface area contributed by atoms with E-state index in [1.54, 1.807) is 24.3 Å². The molecular formula is C18H10ClNO3S. The molecule has 0 saturated carbocycles. The molecule has 0 saturated heterocycles. The average Bonchev–Trinajstić information content (AvgIpc) is 2.92. The van der Waals surface area contributed by atoms with Crippen molar-refractivity contribution in [1.82, 2.24) is 0 Å². The Hall–Kier alpha value is -2.63. The minimum absolute atomic E-state index is 0.266. The van der Waals surface area contributed by atoms with E-state index < -0.39 is 5.63 Å². The Bertz CT molecular complexity index is 1150. The molecule has 1 amide bonds. The van der Waals surface area contributed by atoms with E-state index in [1.165, 1.54) is 17.4 Å². The van der Waals surface area contributed by atoms with Gasteiger partial charge in [-0.05, 0) is 30.3 Å². The molecule has 0 bridgehead atoms. The molecule has 0 aliphatic heterocycles. The summed E-state index contributed by atoms with van der Waals surface area (Å²) < 4.78 is 6.04. The summed E-state index contributed by atoms with van der Waals surface area (Å²) >= 11 is 7.68. The molecular weight excluding hydrogens is 346 g/mol. The van der Waals surface area contributed by atoms with Crippen LogP contribution < -0.4 is 10.9 Å². The molecule has 2 aromatic carbocycles. The van der Waals surface area contributed by atoms with E-state index in [1.807, 2.05) is 24.3 Å². The molecule has 0 aliphatic carbocycles. The Balaban J connectivity index is 1.69. The van der Waals surface area contributed by atoms with Crippen LogP contribution in [0.15, 0.2) is 63.8 Å². The smallest absolute Gasteiger partial charge is 0.336 e. The first kappa shape index (κ1) is 14.9. The summed E-state index contributed by atoms with van der Waals surface area (Å²) in [5.41, 5.74) is 0.673. The van der Waals surface area contributed by atoms with Crippen molar-refractivity contribution in [3.8, 4) is 0 Å². The van der Waals surface area contributed by atoms with Gasteiger partial charge >= 0.3 is 5.63 Å². The third kappa shape index (κ3) is 2.58. The first-order chi connectivity index (χ1) is 11.6. The normalized spacial score (nSPS) is 11.0. The average molecular weight is 356 g/mol. The highest BCUT2D eigenvalue weighted by Crippen LogP contribution is 2.35. The molecule has 0 aliphatic rings. The first-order valence-electron chi connectivity index (χ1n) is 7.14. The lowest BCUT2D eigenvalue weighted by molar-refractivity contribution is 0.103. The number of hydrogen-bond acceptors (Lipinski definition) is 4. The van der Waals surface area contributed by atoms with E-state index in [0.29, 0.717) is 21.2 Å². The van der Waals surface area contributed by atoms with Crippen LogP contribution in [-0.2, 0) is 0 Å². The minimum Gasteiger partial charge on any atom is -0.423 e. The molecule has 2 aromatic heterocycles. The summed E-state index contributed by atoms with van der Waals surface area (Å²) in [7, 11) is 0. The molecule has 24 heavy (non-hydrogen) atoms. The SMILES string of the molecule is O=C(Nc1ccc2oc(=O)ccc2c1)c1sc2ccccc2c1Cl. The van der Waals surface area contributed by atoms with Crippen LogP contribution in [-0.4, -0.2) is 5.91 Å². The van der Waals surface area contributed by atoms with Crippen molar-refractivity contribution < 1.29 is 9.21 Å². The number of thiophene rings is 1. The molecule has 118 valence electrons. The van der Waals surface area contributed by atoms with Crippen molar-refractivity contribution in [2.45, 2.75) is 0 Å². The Morgan fingerprint density at radius 3 is 2.75 bits per heavy atom. The lowest BCUT2D eigenvalue weighted by Gasteiger charge is -2.05. The minimum atomic E-state index is -0.406. The molecule has 1 N–H and O–H groups in total. The van der Waals surface area contributed by atoms with Crippen LogP contribution in [0.4, 0.5) is 5.69 Å². The molecule has 4 nitrogen and oxygen atoms in total. The van der Waals surface area contributed by atoms with Gasteiger partial charge in [0.1, 0.15) is 10.5 Å². The van der Waals surface area contributed by atoms with Gasteiger partial charge in [0, 0.05) is 27.2 Å². The highest BCUT2D eigenvalue weighted by Gasteiger charge is 2.17. The fourth-order valence-corrected chi connectivity index (χ4v) is 3.91. The van der Waals surface area contributed by atoms with Crippen molar-refractivity contribution in [3.05, 3.63) is 74.9 Å². The number of amides is 1. The molecule has 6 heteroatoms. The van der Waals surface area contributed by atoms with Crippen LogP contribution in [0.3, 0.4) is 0 Å². The quantitative estimate of drug-likeness (QED) is 0.519. The number of nitrogens with one attached hydrogen (secondary N) is 1. The first-order valence-corrected chi connectivity index (χ1v) is 8.33. The van der Waals surface area contributed by atoms with Gasteiger partial charge in [-0.3, -0.25) is 4.79 Å². The van der Waals surface area contributed by atoms with Gasteiger partial charge in [0.05, 0.1) is 5.02 Å². The fourth-order valence-electron chi connectivity index (χ4n) is 2.50. The van der Waals surface area contributed by atoms with Crippen LogP contribution in [0.25, 0.3) is 21.1 Å². The van der Waals surface area contributed by atoms with Gasteiger partial charge in [0.25, 0.3) is 5.91 Å². The van der Waals surface area contributed by atoms with Crippen LogP contribution in [0.5, 0.6) is 0 Å². The molecule has 4 rings (SSSR count). The molecule has 2 heterocycles. The third-order valence-electron chi connectivity index (χ3n) is 3.62. The van der Waals surface area contributed by atoms with Crippen molar-refractivity contribution in [2.75, 3.05) is 5.32 Å².